The Morgan fingerprint density at radius 1 is 1.40 bits per heavy atom. The average molecular weight is 228 g/mol. The van der Waals surface area contributed by atoms with Crippen LogP contribution in [0.1, 0.15) is 0 Å². The third-order valence-electron chi connectivity index (χ3n) is 2.07. The summed E-state index contributed by atoms with van der Waals surface area (Å²) >= 11 is 5.59. The summed E-state index contributed by atoms with van der Waals surface area (Å²) in [6.45, 7) is 0. The smallest absolute Gasteiger partial charge is 0.290 e. The van der Waals surface area contributed by atoms with Crippen molar-refractivity contribution in [2.45, 2.75) is 0 Å². The predicted molar refractivity (Wildman–Crippen MR) is 56.1 cm³/mol. The summed E-state index contributed by atoms with van der Waals surface area (Å²) in [5, 5.41) is 0.511. The normalized spacial score (nSPS) is 10.6. The standard InChI is InChI=1S/C10H7ClFNO2/c1-15-9-3-5-2-7(12)6(11)4-8(5)13-10(9)14/h2-4H,1H3,(H,13,14). The van der Waals surface area contributed by atoms with Crippen LogP contribution in [0.3, 0.4) is 0 Å². The van der Waals surface area contributed by atoms with Crippen molar-refractivity contribution >= 4 is 22.5 Å². The molecule has 0 aliphatic carbocycles. The minimum absolute atomic E-state index is 0.0247. The molecule has 0 unspecified atom stereocenters. The number of H-pyrrole nitrogens is 1. The van der Waals surface area contributed by atoms with Crippen LogP contribution in [0.15, 0.2) is 23.0 Å². The van der Waals surface area contributed by atoms with E-state index in [9.17, 15) is 9.18 Å². The number of ether oxygens (including phenoxy) is 1. The van der Waals surface area contributed by atoms with Crippen LogP contribution in [0.25, 0.3) is 10.9 Å². The minimum atomic E-state index is -0.529. The third kappa shape index (κ3) is 1.68. The van der Waals surface area contributed by atoms with Gasteiger partial charge in [0, 0.05) is 5.39 Å². The molecule has 0 fully saturated rings. The molecule has 0 radical (unpaired) electrons. The SMILES string of the molecule is COc1cc2cc(F)c(Cl)cc2[nH]c1=O. The highest BCUT2D eigenvalue weighted by Crippen LogP contribution is 2.22. The predicted octanol–water partition coefficient (Wildman–Crippen LogP) is 2.33. The first-order valence-electron chi connectivity index (χ1n) is 4.18. The number of hydrogen-bond donors (Lipinski definition) is 1. The molecular formula is C10H7ClFNO2. The van der Waals surface area contributed by atoms with E-state index in [2.05, 4.69) is 4.98 Å². The van der Waals surface area contributed by atoms with E-state index in [0.717, 1.165) is 0 Å². The van der Waals surface area contributed by atoms with Crippen molar-refractivity contribution < 1.29 is 9.13 Å². The largest absolute Gasteiger partial charge is 0.491 e. The van der Waals surface area contributed by atoms with Gasteiger partial charge >= 0.3 is 0 Å². The number of halogens is 2. The van der Waals surface area contributed by atoms with Crippen molar-refractivity contribution in [2.24, 2.45) is 0 Å². The molecule has 0 saturated heterocycles. The van der Waals surface area contributed by atoms with Crippen molar-refractivity contribution in [1.29, 1.82) is 0 Å². The third-order valence-corrected chi connectivity index (χ3v) is 2.36. The average Bonchev–Trinajstić information content (AvgIpc) is 2.20. The fraction of sp³-hybridized carbons (Fsp3) is 0.100. The van der Waals surface area contributed by atoms with E-state index in [0.29, 0.717) is 10.9 Å². The van der Waals surface area contributed by atoms with Crippen LogP contribution in [0.4, 0.5) is 4.39 Å². The minimum Gasteiger partial charge on any atom is -0.491 e. The lowest BCUT2D eigenvalue weighted by molar-refractivity contribution is 0.409. The number of nitrogens with one attached hydrogen (secondary N) is 1. The molecule has 0 spiro atoms. The summed E-state index contributed by atoms with van der Waals surface area (Å²) in [5.41, 5.74) is 0.111. The quantitative estimate of drug-likeness (QED) is 0.813. The number of aromatic nitrogens is 1. The number of fused-ring (bicyclic) bond motifs is 1. The summed E-state index contributed by atoms with van der Waals surface area (Å²) in [6.07, 6.45) is 0. The summed E-state index contributed by atoms with van der Waals surface area (Å²) < 4.78 is 17.9. The molecular weight excluding hydrogens is 221 g/mol. The van der Waals surface area contributed by atoms with E-state index < -0.39 is 5.82 Å². The number of pyridine rings is 1. The van der Waals surface area contributed by atoms with E-state index in [1.54, 1.807) is 0 Å². The van der Waals surface area contributed by atoms with Crippen LogP contribution in [-0.4, -0.2) is 12.1 Å². The van der Waals surface area contributed by atoms with Gasteiger partial charge in [0.1, 0.15) is 5.82 Å². The molecule has 1 aromatic heterocycles. The second kappa shape index (κ2) is 3.55. The van der Waals surface area contributed by atoms with E-state index >= 15 is 0 Å². The van der Waals surface area contributed by atoms with Crippen molar-refractivity contribution in [2.75, 3.05) is 7.11 Å². The van der Waals surface area contributed by atoms with Gasteiger partial charge in [-0.1, -0.05) is 11.6 Å². The Morgan fingerprint density at radius 2 is 2.13 bits per heavy atom. The van der Waals surface area contributed by atoms with E-state index in [1.807, 2.05) is 0 Å². The van der Waals surface area contributed by atoms with Gasteiger partial charge in [-0.25, -0.2) is 4.39 Å². The highest BCUT2D eigenvalue weighted by Gasteiger charge is 2.06. The molecule has 0 aliphatic rings. The van der Waals surface area contributed by atoms with Gasteiger partial charge < -0.3 is 9.72 Å². The van der Waals surface area contributed by atoms with Gasteiger partial charge in [0.2, 0.25) is 0 Å². The Morgan fingerprint density at radius 3 is 2.80 bits per heavy atom. The van der Waals surface area contributed by atoms with Gasteiger partial charge in [-0.05, 0) is 18.2 Å². The van der Waals surface area contributed by atoms with Crippen LogP contribution in [-0.2, 0) is 0 Å². The number of hydrogen-bond acceptors (Lipinski definition) is 2. The summed E-state index contributed by atoms with van der Waals surface area (Å²) in [6, 6.07) is 4.08. The molecule has 1 aromatic carbocycles. The van der Waals surface area contributed by atoms with Crippen LogP contribution in [0.2, 0.25) is 5.02 Å². The highest BCUT2D eigenvalue weighted by molar-refractivity contribution is 6.31. The summed E-state index contributed by atoms with van der Waals surface area (Å²) in [5.74, 6) is -0.387. The van der Waals surface area contributed by atoms with E-state index in [-0.39, 0.29) is 16.3 Å². The maximum absolute atomic E-state index is 13.1. The molecule has 0 aliphatic heterocycles. The lowest BCUT2D eigenvalue weighted by atomic mass is 10.2. The zero-order chi connectivity index (χ0) is 11.0. The van der Waals surface area contributed by atoms with Crippen LogP contribution in [0, 0.1) is 5.82 Å². The lowest BCUT2D eigenvalue weighted by Crippen LogP contribution is -2.08. The van der Waals surface area contributed by atoms with E-state index in [1.165, 1.54) is 25.3 Å². The molecule has 0 bridgehead atoms. The Balaban J connectivity index is 2.82. The number of rotatable bonds is 1. The van der Waals surface area contributed by atoms with Crippen molar-refractivity contribution in [3.8, 4) is 5.75 Å². The van der Waals surface area contributed by atoms with Gasteiger partial charge in [-0.2, -0.15) is 0 Å². The Labute approximate surface area is 89.4 Å². The summed E-state index contributed by atoms with van der Waals surface area (Å²) in [4.78, 5) is 13.9. The topological polar surface area (TPSA) is 42.1 Å². The van der Waals surface area contributed by atoms with Gasteiger partial charge in [0.05, 0.1) is 17.6 Å². The molecule has 2 rings (SSSR count). The van der Waals surface area contributed by atoms with Gasteiger partial charge in [-0.3, -0.25) is 4.79 Å². The Bertz CT molecular complexity index is 579. The molecule has 0 atom stereocenters. The molecule has 78 valence electrons. The Hall–Kier alpha value is -1.55. The molecule has 0 amide bonds. The second-order valence-corrected chi connectivity index (χ2v) is 3.43. The second-order valence-electron chi connectivity index (χ2n) is 3.02. The molecule has 15 heavy (non-hydrogen) atoms. The molecule has 2 aromatic rings. The zero-order valence-corrected chi connectivity index (χ0v) is 8.56. The Kier molecular flexibility index (Phi) is 2.36. The van der Waals surface area contributed by atoms with Gasteiger partial charge in [0.25, 0.3) is 5.56 Å². The monoisotopic (exact) mass is 227 g/mol. The molecule has 1 heterocycles. The molecule has 3 nitrogen and oxygen atoms in total. The van der Waals surface area contributed by atoms with Gasteiger partial charge in [0.15, 0.2) is 5.75 Å². The van der Waals surface area contributed by atoms with Crippen LogP contribution in [0.5, 0.6) is 5.75 Å². The molecule has 5 heteroatoms. The number of benzene rings is 1. The number of methoxy groups -OCH3 is 1. The van der Waals surface area contributed by atoms with E-state index in [4.69, 9.17) is 16.3 Å². The van der Waals surface area contributed by atoms with Crippen molar-refractivity contribution in [3.63, 3.8) is 0 Å². The van der Waals surface area contributed by atoms with Crippen molar-refractivity contribution in [1.82, 2.24) is 4.98 Å². The maximum atomic E-state index is 13.1. The first kappa shape index (κ1) is 9.98. The van der Waals surface area contributed by atoms with Crippen molar-refractivity contribution in [3.05, 3.63) is 39.4 Å². The molecule has 0 saturated carbocycles. The van der Waals surface area contributed by atoms with Crippen LogP contribution < -0.4 is 10.3 Å². The van der Waals surface area contributed by atoms with Gasteiger partial charge in [-0.15, -0.1) is 0 Å². The maximum Gasteiger partial charge on any atom is 0.290 e. The molecule has 1 N–H and O–H groups in total. The highest BCUT2D eigenvalue weighted by atomic mass is 35.5. The number of aromatic amines is 1. The zero-order valence-electron chi connectivity index (χ0n) is 7.80. The van der Waals surface area contributed by atoms with Crippen LogP contribution >= 0.6 is 11.6 Å². The fourth-order valence-electron chi connectivity index (χ4n) is 1.33. The first-order valence-corrected chi connectivity index (χ1v) is 4.55. The lowest BCUT2D eigenvalue weighted by Gasteiger charge is -2.02. The summed E-state index contributed by atoms with van der Waals surface area (Å²) in [7, 11) is 1.38. The fourth-order valence-corrected chi connectivity index (χ4v) is 1.50. The first-order chi connectivity index (χ1) is 7.11.